The average molecular weight is 307 g/mol. The van der Waals surface area contributed by atoms with E-state index in [9.17, 15) is 18.0 Å². The molecule has 1 heterocycles. The fourth-order valence-corrected chi connectivity index (χ4v) is 2.94. The van der Waals surface area contributed by atoms with Gasteiger partial charge in [-0.2, -0.15) is 18.4 Å². The number of benzene rings is 1. The van der Waals surface area contributed by atoms with Gasteiger partial charge >= 0.3 is 12.2 Å². The number of urea groups is 1. The van der Waals surface area contributed by atoms with E-state index in [1.54, 1.807) is 0 Å². The number of rotatable bonds is 1. The highest BCUT2D eigenvalue weighted by atomic mass is 19.4. The van der Waals surface area contributed by atoms with E-state index in [1.165, 1.54) is 17.0 Å². The number of nitriles is 1. The molecule has 4 nitrogen and oxygen atoms in total. The number of hydrogen-bond donors (Lipinski definition) is 1. The Morgan fingerprint density at radius 2 is 2.00 bits per heavy atom. The normalized spacial score (nSPS) is 23.9. The van der Waals surface area contributed by atoms with Gasteiger partial charge in [-0.3, -0.25) is 4.90 Å². The Hall–Kier alpha value is -2.49. The van der Waals surface area contributed by atoms with Crippen LogP contribution in [0.1, 0.15) is 24.0 Å². The Balaban J connectivity index is 2.03. The topological polar surface area (TPSA) is 56.1 Å². The van der Waals surface area contributed by atoms with Crippen LogP contribution in [-0.4, -0.2) is 18.1 Å². The summed E-state index contributed by atoms with van der Waals surface area (Å²) in [5.41, 5.74) is -1.31. The lowest BCUT2D eigenvalue weighted by Crippen LogP contribution is -2.37. The summed E-state index contributed by atoms with van der Waals surface area (Å²) in [5.74, 6) is 0. The molecule has 114 valence electrons. The molecule has 1 aliphatic carbocycles. The van der Waals surface area contributed by atoms with Crippen LogP contribution in [-0.2, 0) is 6.18 Å². The van der Waals surface area contributed by atoms with E-state index in [4.69, 9.17) is 5.26 Å². The number of fused-ring (bicyclic) bond motifs is 1. The van der Waals surface area contributed by atoms with Crippen molar-refractivity contribution in [1.29, 1.82) is 5.26 Å². The SMILES string of the molecule is N#Cc1ccc(N2C(=O)NC3CC=CCC32)cc1C(F)(F)F. The first-order chi connectivity index (χ1) is 10.4. The van der Waals surface area contributed by atoms with Crippen molar-refractivity contribution in [2.75, 3.05) is 4.90 Å². The van der Waals surface area contributed by atoms with E-state index >= 15 is 0 Å². The number of alkyl halides is 3. The van der Waals surface area contributed by atoms with E-state index in [0.717, 1.165) is 12.1 Å². The fourth-order valence-electron chi connectivity index (χ4n) is 2.94. The van der Waals surface area contributed by atoms with Crippen LogP contribution in [0.2, 0.25) is 0 Å². The molecule has 1 N–H and O–H groups in total. The first-order valence-electron chi connectivity index (χ1n) is 6.78. The molecule has 2 atom stereocenters. The lowest BCUT2D eigenvalue weighted by Gasteiger charge is -2.27. The van der Waals surface area contributed by atoms with Gasteiger partial charge in [-0.1, -0.05) is 12.2 Å². The maximum atomic E-state index is 13.1. The van der Waals surface area contributed by atoms with E-state index in [0.29, 0.717) is 12.8 Å². The van der Waals surface area contributed by atoms with Crippen molar-refractivity contribution in [1.82, 2.24) is 5.32 Å². The molecule has 0 saturated carbocycles. The number of halogens is 3. The van der Waals surface area contributed by atoms with Gasteiger partial charge in [0.1, 0.15) is 0 Å². The highest BCUT2D eigenvalue weighted by Crippen LogP contribution is 2.36. The first kappa shape index (κ1) is 14.4. The molecule has 2 aliphatic rings. The van der Waals surface area contributed by atoms with Gasteiger partial charge in [0.15, 0.2) is 0 Å². The highest BCUT2D eigenvalue weighted by molar-refractivity contribution is 5.96. The molecular weight excluding hydrogens is 295 g/mol. The largest absolute Gasteiger partial charge is 0.417 e. The van der Waals surface area contributed by atoms with Crippen LogP contribution in [0.15, 0.2) is 30.4 Å². The molecule has 1 aliphatic heterocycles. The number of carbonyl (C=O) groups excluding carboxylic acids is 1. The minimum atomic E-state index is -4.64. The van der Waals surface area contributed by atoms with Gasteiger partial charge in [0, 0.05) is 5.69 Å². The molecule has 1 aromatic rings. The van der Waals surface area contributed by atoms with Gasteiger partial charge < -0.3 is 5.32 Å². The number of hydrogen-bond acceptors (Lipinski definition) is 2. The Labute approximate surface area is 124 Å². The van der Waals surface area contributed by atoms with E-state index < -0.39 is 23.3 Å². The summed E-state index contributed by atoms with van der Waals surface area (Å²) in [6, 6.07) is 4.20. The molecule has 1 saturated heterocycles. The second-order valence-corrected chi connectivity index (χ2v) is 5.28. The van der Waals surface area contributed by atoms with Crippen LogP contribution in [0.4, 0.5) is 23.7 Å². The number of carbonyl (C=O) groups is 1. The molecule has 2 unspecified atom stereocenters. The predicted molar refractivity (Wildman–Crippen MR) is 73.1 cm³/mol. The third-order valence-corrected chi connectivity index (χ3v) is 3.97. The zero-order chi connectivity index (χ0) is 15.9. The molecule has 1 aromatic carbocycles. The van der Waals surface area contributed by atoms with Crippen molar-refractivity contribution in [2.45, 2.75) is 31.1 Å². The zero-order valence-corrected chi connectivity index (χ0v) is 11.4. The van der Waals surface area contributed by atoms with Crippen molar-refractivity contribution in [3.63, 3.8) is 0 Å². The standard InChI is InChI=1S/C15H12F3N3O/c16-15(17,18)11-7-10(6-5-9(11)8-19)21-13-4-2-1-3-12(13)20-14(21)22/h1-2,5-7,12-13H,3-4H2,(H,20,22). The van der Waals surface area contributed by atoms with Crippen LogP contribution < -0.4 is 10.2 Å². The minimum Gasteiger partial charge on any atom is -0.333 e. The second-order valence-electron chi connectivity index (χ2n) is 5.28. The molecular formula is C15H12F3N3O. The van der Waals surface area contributed by atoms with Crippen molar-refractivity contribution >= 4 is 11.7 Å². The quantitative estimate of drug-likeness (QED) is 0.810. The Bertz CT molecular complexity index is 690. The molecule has 3 rings (SSSR count). The van der Waals surface area contributed by atoms with Crippen molar-refractivity contribution in [3.8, 4) is 6.07 Å². The third-order valence-electron chi connectivity index (χ3n) is 3.97. The van der Waals surface area contributed by atoms with Gasteiger partial charge in [0.2, 0.25) is 0 Å². The van der Waals surface area contributed by atoms with E-state index in [1.807, 2.05) is 12.2 Å². The van der Waals surface area contributed by atoms with Gasteiger partial charge in [-0.05, 0) is 31.0 Å². The number of nitrogens with zero attached hydrogens (tertiary/aromatic N) is 2. The van der Waals surface area contributed by atoms with E-state index in [2.05, 4.69) is 5.32 Å². The molecule has 0 radical (unpaired) electrons. The minimum absolute atomic E-state index is 0.0949. The smallest absolute Gasteiger partial charge is 0.333 e. The Morgan fingerprint density at radius 3 is 2.68 bits per heavy atom. The third kappa shape index (κ3) is 2.30. The van der Waals surface area contributed by atoms with Crippen LogP contribution in [0.5, 0.6) is 0 Å². The fraction of sp³-hybridized carbons (Fsp3) is 0.333. The Kier molecular flexibility index (Phi) is 3.32. The van der Waals surface area contributed by atoms with Crippen molar-refractivity contribution < 1.29 is 18.0 Å². The summed E-state index contributed by atoms with van der Waals surface area (Å²) < 4.78 is 39.2. The first-order valence-corrected chi connectivity index (χ1v) is 6.78. The van der Waals surface area contributed by atoms with Gasteiger partial charge in [0.25, 0.3) is 0 Å². The maximum absolute atomic E-state index is 13.1. The summed E-state index contributed by atoms with van der Waals surface area (Å²) >= 11 is 0. The molecule has 0 spiro atoms. The summed E-state index contributed by atoms with van der Waals surface area (Å²) in [5, 5.41) is 11.6. The van der Waals surface area contributed by atoms with E-state index in [-0.39, 0.29) is 17.8 Å². The second kappa shape index (κ2) is 5.05. The van der Waals surface area contributed by atoms with Crippen LogP contribution in [0.25, 0.3) is 0 Å². The lowest BCUT2D eigenvalue weighted by molar-refractivity contribution is -0.137. The summed E-state index contributed by atoms with van der Waals surface area (Å²) in [6.45, 7) is 0. The molecule has 0 aromatic heterocycles. The van der Waals surface area contributed by atoms with Crippen LogP contribution >= 0.6 is 0 Å². The number of anilines is 1. The van der Waals surface area contributed by atoms with Crippen molar-refractivity contribution in [3.05, 3.63) is 41.5 Å². The molecule has 1 fully saturated rings. The summed E-state index contributed by atoms with van der Waals surface area (Å²) in [4.78, 5) is 13.4. The summed E-state index contributed by atoms with van der Waals surface area (Å²) in [7, 11) is 0. The van der Waals surface area contributed by atoms with Crippen molar-refractivity contribution in [2.24, 2.45) is 0 Å². The van der Waals surface area contributed by atoms with Gasteiger partial charge in [-0.25, -0.2) is 4.79 Å². The average Bonchev–Trinajstić information content (AvgIpc) is 2.81. The molecule has 7 heteroatoms. The van der Waals surface area contributed by atoms with Crippen LogP contribution in [0, 0.1) is 11.3 Å². The number of nitrogens with one attached hydrogen (secondary N) is 1. The van der Waals surface area contributed by atoms with Gasteiger partial charge in [0.05, 0.1) is 29.3 Å². The lowest BCUT2D eigenvalue weighted by atomic mass is 9.96. The monoisotopic (exact) mass is 307 g/mol. The summed E-state index contributed by atoms with van der Waals surface area (Å²) in [6.07, 6.45) is 0.483. The highest BCUT2D eigenvalue weighted by Gasteiger charge is 2.41. The number of amides is 2. The maximum Gasteiger partial charge on any atom is 0.417 e. The van der Waals surface area contributed by atoms with Gasteiger partial charge in [-0.15, -0.1) is 0 Å². The van der Waals surface area contributed by atoms with Crippen LogP contribution in [0.3, 0.4) is 0 Å². The zero-order valence-electron chi connectivity index (χ0n) is 11.4. The predicted octanol–water partition coefficient (Wildman–Crippen LogP) is 3.19. The molecule has 22 heavy (non-hydrogen) atoms. The Morgan fingerprint density at radius 1 is 1.27 bits per heavy atom. The molecule has 0 bridgehead atoms. The molecule has 2 amide bonds.